The Kier molecular flexibility index (Phi) is 2.70. The summed E-state index contributed by atoms with van der Waals surface area (Å²) in [5.41, 5.74) is 8.59. The summed E-state index contributed by atoms with van der Waals surface area (Å²) < 4.78 is 0. The van der Waals surface area contributed by atoms with Crippen molar-refractivity contribution < 1.29 is 4.79 Å². The SMILES string of the molecule is CC(=[N+]=[N-])c1nc(Cl)nc(Cl)n1. The van der Waals surface area contributed by atoms with Crippen molar-refractivity contribution in [2.75, 3.05) is 0 Å². The fourth-order valence-electron chi connectivity index (χ4n) is 0.532. The van der Waals surface area contributed by atoms with Gasteiger partial charge in [-0.2, -0.15) is 19.7 Å². The van der Waals surface area contributed by atoms with E-state index < -0.39 is 0 Å². The van der Waals surface area contributed by atoms with Crippen LogP contribution in [-0.2, 0) is 0 Å². The minimum atomic E-state index is -0.0343. The molecule has 0 unspecified atom stereocenters. The van der Waals surface area contributed by atoms with Crippen LogP contribution < -0.4 is 0 Å². The number of aromatic nitrogens is 3. The molecule has 0 N–H and O–H groups in total. The first-order valence-electron chi connectivity index (χ1n) is 2.89. The van der Waals surface area contributed by atoms with Crippen LogP contribution in [-0.4, -0.2) is 25.5 Å². The zero-order chi connectivity index (χ0) is 9.14. The Balaban J connectivity index is 3.26. The molecule has 0 aromatic carbocycles. The third kappa shape index (κ3) is 1.98. The molecule has 62 valence electrons. The molecular formula is C5H3Cl2N5. The van der Waals surface area contributed by atoms with Crippen molar-refractivity contribution in [3.05, 3.63) is 21.9 Å². The fraction of sp³-hybridized carbons (Fsp3) is 0.200. The monoisotopic (exact) mass is 203 g/mol. The third-order valence-electron chi connectivity index (χ3n) is 1.05. The molecule has 1 rings (SSSR count). The van der Waals surface area contributed by atoms with E-state index in [9.17, 15) is 0 Å². The zero-order valence-corrected chi connectivity index (χ0v) is 7.50. The number of halogens is 2. The predicted octanol–water partition coefficient (Wildman–Crippen LogP) is 1.22. The lowest BCUT2D eigenvalue weighted by atomic mass is 10.4. The molecule has 0 bridgehead atoms. The molecule has 1 aromatic heterocycles. The minimum absolute atomic E-state index is 0.0343. The summed E-state index contributed by atoms with van der Waals surface area (Å²) in [6.45, 7) is 1.52. The van der Waals surface area contributed by atoms with Crippen molar-refractivity contribution in [1.82, 2.24) is 15.0 Å². The van der Waals surface area contributed by atoms with Gasteiger partial charge in [0.15, 0.2) is 0 Å². The van der Waals surface area contributed by atoms with Gasteiger partial charge in [-0.3, -0.25) is 0 Å². The van der Waals surface area contributed by atoms with E-state index in [1.54, 1.807) is 0 Å². The van der Waals surface area contributed by atoms with Crippen LogP contribution in [0.25, 0.3) is 5.53 Å². The van der Waals surface area contributed by atoms with Gasteiger partial charge in [0.05, 0.1) is 0 Å². The maximum absolute atomic E-state index is 8.37. The summed E-state index contributed by atoms with van der Waals surface area (Å²) in [5.74, 6) is 0.155. The quantitative estimate of drug-likeness (QED) is 0.392. The number of rotatable bonds is 1. The molecular weight excluding hydrogens is 201 g/mol. The molecule has 0 amide bonds. The summed E-state index contributed by atoms with van der Waals surface area (Å²) in [7, 11) is 0. The Morgan fingerprint density at radius 3 is 2.17 bits per heavy atom. The van der Waals surface area contributed by atoms with Crippen molar-refractivity contribution in [2.45, 2.75) is 6.92 Å². The first-order chi connectivity index (χ1) is 5.63. The van der Waals surface area contributed by atoms with Crippen LogP contribution in [0.15, 0.2) is 0 Å². The molecule has 1 heterocycles. The van der Waals surface area contributed by atoms with Crippen molar-refractivity contribution in [1.29, 1.82) is 0 Å². The van der Waals surface area contributed by atoms with Gasteiger partial charge in [-0.1, -0.05) is 0 Å². The van der Waals surface area contributed by atoms with Crippen LogP contribution >= 0.6 is 23.2 Å². The average molecular weight is 204 g/mol. The van der Waals surface area contributed by atoms with Crippen LogP contribution in [0.3, 0.4) is 0 Å². The van der Waals surface area contributed by atoms with Crippen molar-refractivity contribution in [3.63, 3.8) is 0 Å². The van der Waals surface area contributed by atoms with E-state index in [1.165, 1.54) is 6.92 Å². The van der Waals surface area contributed by atoms with E-state index in [0.717, 1.165) is 0 Å². The second kappa shape index (κ2) is 3.58. The average Bonchev–Trinajstić information content (AvgIpc) is 2.01. The molecule has 0 aliphatic rings. The molecule has 0 fully saturated rings. The van der Waals surface area contributed by atoms with Crippen LogP contribution in [0.4, 0.5) is 0 Å². The van der Waals surface area contributed by atoms with Gasteiger partial charge in [0.2, 0.25) is 16.4 Å². The van der Waals surface area contributed by atoms with Crippen molar-refractivity contribution >= 4 is 28.9 Å². The fourth-order valence-corrected chi connectivity index (χ4v) is 0.896. The Morgan fingerprint density at radius 2 is 1.75 bits per heavy atom. The second-order valence-corrected chi connectivity index (χ2v) is 2.56. The first-order valence-corrected chi connectivity index (χ1v) is 3.65. The smallest absolute Gasteiger partial charge is 0.333 e. The molecule has 0 saturated heterocycles. The lowest BCUT2D eigenvalue weighted by Gasteiger charge is -1.91. The van der Waals surface area contributed by atoms with Crippen LogP contribution in [0, 0.1) is 0 Å². The minimum Gasteiger partial charge on any atom is -0.361 e. The second-order valence-electron chi connectivity index (χ2n) is 1.88. The summed E-state index contributed by atoms with van der Waals surface area (Å²) in [6.07, 6.45) is 0. The molecule has 0 aliphatic carbocycles. The topological polar surface area (TPSA) is 75.1 Å². The van der Waals surface area contributed by atoms with Crippen molar-refractivity contribution in [3.8, 4) is 0 Å². The van der Waals surface area contributed by atoms with Crippen LogP contribution in [0.5, 0.6) is 0 Å². The highest BCUT2D eigenvalue weighted by Gasteiger charge is 2.11. The predicted molar refractivity (Wildman–Crippen MR) is 43.2 cm³/mol. The highest BCUT2D eigenvalue weighted by molar-refractivity contribution is 6.31. The maximum Gasteiger partial charge on any atom is 0.333 e. The highest BCUT2D eigenvalue weighted by atomic mass is 35.5. The van der Waals surface area contributed by atoms with Gasteiger partial charge in [0.25, 0.3) is 0 Å². The third-order valence-corrected chi connectivity index (χ3v) is 1.39. The van der Waals surface area contributed by atoms with E-state index in [1.807, 2.05) is 0 Å². The van der Waals surface area contributed by atoms with Crippen molar-refractivity contribution in [2.24, 2.45) is 0 Å². The van der Waals surface area contributed by atoms with Gasteiger partial charge >= 0.3 is 5.71 Å². The zero-order valence-electron chi connectivity index (χ0n) is 5.99. The Labute approximate surface area is 78.0 Å². The first kappa shape index (κ1) is 9.06. The number of nitrogens with zero attached hydrogens (tertiary/aromatic N) is 5. The summed E-state index contributed by atoms with van der Waals surface area (Å²) in [4.78, 5) is 13.8. The summed E-state index contributed by atoms with van der Waals surface area (Å²) in [6, 6.07) is 0. The lowest BCUT2D eigenvalue weighted by molar-refractivity contribution is -0.00534. The van der Waals surface area contributed by atoms with Gasteiger partial charge in [-0.25, -0.2) is 0 Å². The molecule has 0 atom stereocenters. The number of hydrogen-bond acceptors (Lipinski definition) is 3. The standard InChI is InChI=1S/C5H3Cl2N5/c1-2(12-8)3-9-4(6)11-5(7)10-3/h1H3. The van der Waals surface area contributed by atoms with E-state index >= 15 is 0 Å². The molecule has 0 aliphatic heterocycles. The van der Waals surface area contributed by atoms with Gasteiger partial charge < -0.3 is 5.53 Å². The molecule has 0 saturated carbocycles. The van der Waals surface area contributed by atoms with E-state index in [2.05, 4.69) is 19.7 Å². The molecule has 0 spiro atoms. The maximum atomic E-state index is 8.37. The Morgan fingerprint density at radius 1 is 1.25 bits per heavy atom. The van der Waals surface area contributed by atoms with Gasteiger partial charge in [-0.05, 0) is 23.2 Å². The summed E-state index contributed by atoms with van der Waals surface area (Å²) in [5, 5.41) is -0.0685. The van der Waals surface area contributed by atoms with E-state index in [-0.39, 0.29) is 22.1 Å². The number of hydrogen-bond donors (Lipinski definition) is 0. The van der Waals surface area contributed by atoms with Crippen LogP contribution in [0.1, 0.15) is 12.7 Å². The van der Waals surface area contributed by atoms with E-state index in [4.69, 9.17) is 28.7 Å². The summed E-state index contributed by atoms with van der Waals surface area (Å²) >= 11 is 10.9. The van der Waals surface area contributed by atoms with Gasteiger partial charge in [0.1, 0.15) is 0 Å². The Hall–Kier alpha value is -1.03. The normalized spacial score (nSPS) is 9.25. The molecule has 5 nitrogen and oxygen atoms in total. The van der Waals surface area contributed by atoms with Gasteiger partial charge in [0, 0.05) is 6.92 Å². The highest BCUT2D eigenvalue weighted by Crippen LogP contribution is 2.05. The molecule has 1 aromatic rings. The molecule has 12 heavy (non-hydrogen) atoms. The van der Waals surface area contributed by atoms with E-state index in [0.29, 0.717) is 0 Å². The lowest BCUT2D eigenvalue weighted by Crippen LogP contribution is -2.05. The van der Waals surface area contributed by atoms with Crippen LogP contribution in [0.2, 0.25) is 10.6 Å². The molecule has 0 radical (unpaired) electrons. The largest absolute Gasteiger partial charge is 0.361 e. The van der Waals surface area contributed by atoms with Gasteiger partial charge in [-0.15, -0.1) is 0 Å². The molecule has 7 heteroatoms. The Bertz CT molecular complexity index is 337.